The number of nitrogens with zero attached hydrogens (tertiary/aromatic N) is 2. The third-order valence-corrected chi connectivity index (χ3v) is 4.18. The van der Waals surface area contributed by atoms with Crippen LogP contribution in [0.4, 0.5) is 5.69 Å². The van der Waals surface area contributed by atoms with Crippen molar-refractivity contribution in [1.29, 1.82) is 0 Å². The molecule has 7 nitrogen and oxygen atoms in total. The number of carbonyl (C=O) groups is 2. The molecule has 0 aliphatic carbocycles. The van der Waals surface area contributed by atoms with Gasteiger partial charge in [-0.3, -0.25) is 9.59 Å². The van der Waals surface area contributed by atoms with E-state index in [9.17, 15) is 9.59 Å². The Labute approximate surface area is 156 Å². The van der Waals surface area contributed by atoms with E-state index in [1.807, 2.05) is 18.2 Å². The van der Waals surface area contributed by atoms with E-state index in [1.54, 1.807) is 38.1 Å². The zero-order valence-electron chi connectivity index (χ0n) is 15.3. The summed E-state index contributed by atoms with van der Waals surface area (Å²) in [6, 6.07) is 12.6. The van der Waals surface area contributed by atoms with Gasteiger partial charge in [0.2, 0.25) is 11.8 Å². The number of anilines is 1. The monoisotopic (exact) mass is 367 g/mol. The first kappa shape index (κ1) is 18.4. The second-order valence-electron chi connectivity index (χ2n) is 6.22. The molecule has 7 heteroatoms. The van der Waals surface area contributed by atoms with Gasteiger partial charge in [-0.05, 0) is 38.1 Å². The van der Waals surface area contributed by atoms with Crippen molar-refractivity contribution in [3.8, 4) is 0 Å². The van der Waals surface area contributed by atoms with Crippen LogP contribution >= 0.6 is 0 Å². The van der Waals surface area contributed by atoms with Crippen LogP contribution in [0.1, 0.15) is 22.8 Å². The highest BCUT2D eigenvalue weighted by atomic mass is 16.5. The maximum atomic E-state index is 12.9. The lowest BCUT2D eigenvalue weighted by atomic mass is 10.1. The van der Waals surface area contributed by atoms with Crippen LogP contribution in [0.25, 0.3) is 0 Å². The van der Waals surface area contributed by atoms with Crippen molar-refractivity contribution in [2.75, 3.05) is 11.9 Å². The van der Waals surface area contributed by atoms with Crippen molar-refractivity contribution >= 4 is 17.5 Å². The molecule has 140 valence electrons. The topological polar surface area (TPSA) is 88.6 Å². The molecule has 0 radical (unpaired) electrons. The summed E-state index contributed by atoms with van der Waals surface area (Å²) < 4.78 is 10.5. The Morgan fingerprint density at radius 2 is 1.89 bits per heavy atom. The average molecular weight is 367 g/mol. The predicted octanol–water partition coefficient (Wildman–Crippen LogP) is 3.09. The number of nitrogens with one attached hydrogen (secondary N) is 1. The first-order chi connectivity index (χ1) is 13.0. The highest BCUT2D eigenvalue weighted by molar-refractivity contribution is 5.94. The van der Waals surface area contributed by atoms with Gasteiger partial charge in [0.15, 0.2) is 0 Å². The van der Waals surface area contributed by atoms with Crippen LogP contribution in [-0.2, 0) is 22.6 Å². The van der Waals surface area contributed by atoms with E-state index in [2.05, 4.69) is 10.5 Å². The Kier molecular flexibility index (Phi) is 5.71. The van der Waals surface area contributed by atoms with E-state index < -0.39 is 0 Å². The molecule has 0 aliphatic heterocycles. The van der Waals surface area contributed by atoms with Crippen LogP contribution < -0.4 is 5.32 Å². The zero-order valence-corrected chi connectivity index (χ0v) is 15.3. The quantitative estimate of drug-likeness (QED) is 0.693. The molecule has 1 N–H and O–H groups in total. The van der Waals surface area contributed by atoms with Crippen LogP contribution in [0.2, 0.25) is 0 Å². The summed E-state index contributed by atoms with van der Waals surface area (Å²) >= 11 is 0. The third kappa shape index (κ3) is 4.84. The van der Waals surface area contributed by atoms with E-state index in [-0.39, 0.29) is 31.3 Å². The molecule has 2 heterocycles. The van der Waals surface area contributed by atoms with Crippen molar-refractivity contribution in [2.24, 2.45) is 0 Å². The van der Waals surface area contributed by atoms with Crippen LogP contribution in [0.15, 0.2) is 57.7 Å². The highest BCUT2D eigenvalue weighted by Gasteiger charge is 2.22. The second kappa shape index (κ2) is 8.35. The molecule has 2 aromatic heterocycles. The van der Waals surface area contributed by atoms with Gasteiger partial charge in [-0.2, -0.15) is 0 Å². The molecule has 2 amide bonds. The maximum absolute atomic E-state index is 12.9. The molecule has 0 saturated carbocycles. The molecule has 27 heavy (non-hydrogen) atoms. The molecule has 0 fully saturated rings. The van der Waals surface area contributed by atoms with Crippen molar-refractivity contribution in [3.63, 3.8) is 0 Å². The number of hydrogen-bond donors (Lipinski definition) is 1. The number of carbonyl (C=O) groups excluding carboxylic acids is 2. The summed E-state index contributed by atoms with van der Waals surface area (Å²) in [5, 5.41) is 6.67. The minimum atomic E-state index is -0.278. The fraction of sp³-hybridized carbons (Fsp3) is 0.250. The van der Waals surface area contributed by atoms with Crippen LogP contribution in [0.5, 0.6) is 0 Å². The molecule has 0 saturated heterocycles. The van der Waals surface area contributed by atoms with Gasteiger partial charge in [-0.15, -0.1) is 0 Å². The largest absolute Gasteiger partial charge is 0.467 e. The minimum Gasteiger partial charge on any atom is -0.467 e. The van der Waals surface area contributed by atoms with Crippen molar-refractivity contribution in [3.05, 3.63) is 71.5 Å². The highest BCUT2D eigenvalue weighted by Crippen LogP contribution is 2.16. The lowest BCUT2D eigenvalue weighted by Gasteiger charge is -2.21. The van der Waals surface area contributed by atoms with E-state index in [0.717, 1.165) is 5.56 Å². The predicted molar refractivity (Wildman–Crippen MR) is 98.9 cm³/mol. The number of furan rings is 1. The molecule has 0 atom stereocenters. The number of para-hydroxylation sites is 1. The summed E-state index contributed by atoms with van der Waals surface area (Å²) in [4.78, 5) is 26.8. The van der Waals surface area contributed by atoms with Gasteiger partial charge in [0, 0.05) is 11.3 Å². The SMILES string of the molecule is Cc1noc(C)c1CC(=O)N(CC(=O)Nc1ccccc1)Cc1ccco1. The first-order valence-electron chi connectivity index (χ1n) is 8.59. The molecule has 0 spiro atoms. The number of rotatable bonds is 7. The molecule has 0 unspecified atom stereocenters. The standard InChI is InChI=1S/C20H21N3O4/c1-14-18(15(2)27-22-14)11-20(25)23(12-17-9-6-10-26-17)13-19(24)21-16-7-4-3-5-8-16/h3-10H,11-13H2,1-2H3,(H,21,24). The number of aromatic nitrogens is 1. The molecule has 3 rings (SSSR count). The number of amides is 2. The zero-order chi connectivity index (χ0) is 19.2. The molecule has 1 aromatic carbocycles. The Balaban J connectivity index is 1.72. The Hall–Kier alpha value is -3.35. The molecule has 0 bridgehead atoms. The van der Waals surface area contributed by atoms with Gasteiger partial charge in [0.1, 0.15) is 18.1 Å². The van der Waals surface area contributed by atoms with E-state index in [0.29, 0.717) is 22.9 Å². The van der Waals surface area contributed by atoms with E-state index in [1.165, 1.54) is 11.2 Å². The maximum Gasteiger partial charge on any atom is 0.244 e. The fourth-order valence-corrected chi connectivity index (χ4v) is 2.74. The summed E-state index contributed by atoms with van der Waals surface area (Å²) in [6.07, 6.45) is 1.65. The van der Waals surface area contributed by atoms with Gasteiger partial charge in [0.05, 0.1) is 24.9 Å². The minimum absolute atomic E-state index is 0.0855. The Morgan fingerprint density at radius 3 is 2.52 bits per heavy atom. The molecular weight excluding hydrogens is 346 g/mol. The first-order valence-corrected chi connectivity index (χ1v) is 8.59. The summed E-state index contributed by atoms with van der Waals surface area (Å²) in [5.41, 5.74) is 2.10. The Morgan fingerprint density at radius 1 is 1.11 bits per heavy atom. The lowest BCUT2D eigenvalue weighted by Crippen LogP contribution is -2.38. The van der Waals surface area contributed by atoms with Crippen LogP contribution in [0, 0.1) is 13.8 Å². The number of hydrogen-bond acceptors (Lipinski definition) is 5. The number of benzene rings is 1. The summed E-state index contributed by atoms with van der Waals surface area (Å²) in [6.45, 7) is 3.68. The second-order valence-corrected chi connectivity index (χ2v) is 6.22. The van der Waals surface area contributed by atoms with Gasteiger partial charge in [-0.25, -0.2) is 0 Å². The van der Waals surface area contributed by atoms with Crippen LogP contribution in [-0.4, -0.2) is 28.4 Å². The van der Waals surface area contributed by atoms with E-state index >= 15 is 0 Å². The van der Waals surface area contributed by atoms with Crippen molar-refractivity contribution < 1.29 is 18.5 Å². The smallest absolute Gasteiger partial charge is 0.244 e. The van der Waals surface area contributed by atoms with Crippen LogP contribution in [0.3, 0.4) is 0 Å². The van der Waals surface area contributed by atoms with Gasteiger partial charge in [0.25, 0.3) is 0 Å². The van der Waals surface area contributed by atoms with Gasteiger partial charge >= 0.3 is 0 Å². The fourth-order valence-electron chi connectivity index (χ4n) is 2.74. The van der Waals surface area contributed by atoms with Crippen molar-refractivity contribution in [2.45, 2.75) is 26.8 Å². The summed E-state index contributed by atoms with van der Waals surface area (Å²) in [7, 11) is 0. The normalized spacial score (nSPS) is 10.6. The molecular formula is C20H21N3O4. The average Bonchev–Trinajstić information content (AvgIpc) is 3.27. The molecule has 3 aromatic rings. The van der Waals surface area contributed by atoms with Crippen molar-refractivity contribution in [1.82, 2.24) is 10.1 Å². The number of aryl methyl sites for hydroxylation is 2. The Bertz CT molecular complexity index is 881. The molecule has 0 aliphatic rings. The van der Waals surface area contributed by atoms with E-state index in [4.69, 9.17) is 8.94 Å². The lowest BCUT2D eigenvalue weighted by molar-refractivity contribution is -0.135. The third-order valence-electron chi connectivity index (χ3n) is 4.18. The van der Waals surface area contributed by atoms with Gasteiger partial charge < -0.3 is 19.2 Å². The van der Waals surface area contributed by atoms with Gasteiger partial charge in [-0.1, -0.05) is 23.4 Å². The summed E-state index contributed by atoms with van der Waals surface area (Å²) in [5.74, 6) is 0.728.